The van der Waals surface area contributed by atoms with Gasteiger partial charge in [0, 0.05) is 28.8 Å². The Kier molecular flexibility index (Phi) is 11.1. The van der Waals surface area contributed by atoms with Gasteiger partial charge in [0.1, 0.15) is 5.75 Å². The molecule has 37 heavy (non-hydrogen) atoms. The van der Waals surface area contributed by atoms with Gasteiger partial charge in [-0.05, 0) is 67.6 Å². The summed E-state index contributed by atoms with van der Waals surface area (Å²) in [5, 5.41) is 11.6. The molecule has 0 heterocycles. The summed E-state index contributed by atoms with van der Waals surface area (Å²) in [6, 6.07) is 25.5. The Morgan fingerprint density at radius 2 is 1.30 bits per heavy atom. The molecule has 0 unspecified atom stereocenters. The van der Waals surface area contributed by atoms with Crippen molar-refractivity contribution in [1.82, 2.24) is 0 Å². The molecule has 0 aliphatic heterocycles. The van der Waals surface area contributed by atoms with Crippen LogP contribution in [0, 0.1) is 18.3 Å². The molecule has 4 rings (SSSR count). The van der Waals surface area contributed by atoms with E-state index in [1.165, 1.54) is 12.8 Å². The minimum absolute atomic E-state index is 0.335. The van der Waals surface area contributed by atoms with E-state index in [4.69, 9.17) is 22.0 Å². The number of benzene rings is 3. The number of phenolic OH excluding ortho intramolecular Hbond substituents is 1. The summed E-state index contributed by atoms with van der Waals surface area (Å²) in [5.41, 5.74) is 5.01. The van der Waals surface area contributed by atoms with Crippen molar-refractivity contribution in [2.75, 3.05) is 0 Å². The molecule has 1 fully saturated rings. The van der Waals surface area contributed by atoms with Crippen molar-refractivity contribution in [3.8, 4) is 5.75 Å². The summed E-state index contributed by atoms with van der Waals surface area (Å²) in [5.74, 6) is 1.11. The van der Waals surface area contributed by atoms with Gasteiger partial charge in [-0.25, -0.2) is 0 Å². The fourth-order valence-electron chi connectivity index (χ4n) is 5.57. The van der Waals surface area contributed by atoms with Crippen molar-refractivity contribution in [3.05, 3.63) is 101 Å². The Hall–Kier alpha value is -1.41. The summed E-state index contributed by atoms with van der Waals surface area (Å²) < 4.78 is 0. The van der Waals surface area contributed by atoms with Crippen LogP contribution < -0.4 is 0 Å². The molecule has 1 saturated carbocycles. The van der Waals surface area contributed by atoms with Crippen LogP contribution >= 0.6 is 17.0 Å². The summed E-state index contributed by atoms with van der Waals surface area (Å²) in [6.07, 6.45) is 6.66. The van der Waals surface area contributed by atoms with E-state index in [9.17, 15) is 5.11 Å². The molecule has 0 spiro atoms. The zero-order valence-corrected chi connectivity index (χ0v) is 26.6. The van der Waals surface area contributed by atoms with Crippen LogP contribution in [-0.2, 0) is 26.3 Å². The molecule has 1 N–H and O–H groups in total. The van der Waals surface area contributed by atoms with E-state index in [0.717, 1.165) is 46.6 Å². The van der Waals surface area contributed by atoms with Gasteiger partial charge in [0.05, 0.1) is 0 Å². The zero-order chi connectivity index (χ0) is 27.1. The maximum absolute atomic E-state index is 11.6. The summed E-state index contributed by atoms with van der Waals surface area (Å²) in [4.78, 5) is 4.98. The molecule has 0 radical (unpaired) electrons. The zero-order valence-electron chi connectivity index (χ0n) is 22.6. The van der Waals surface area contributed by atoms with Crippen molar-refractivity contribution in [2.45, 2.75) is 71.8 Å². The molecule has 0 atom stereocenters. The second-order valence-corrected chi connectivity index (χ2v) is 15.0. The molecular formula is C32H39Cl2NOZr. The number of nitrogens with zero attached hydrogens (tertiary/aromatic N) is 1. The molecule has 196 valence electrons. The average molecular weight is 616 g/mol. The molecule has 0 amide bonds. The van der Waals surface area contributed by atoms with Gasteiger partial charge in [0.25, 0.3) is 0 Å². The van der Waals surface area contributed by atoms with Crippen LogP contribution in [0.5, 0.6) is 5.75 Å². The van der Waals surface area contributed by atoms with Crippen LogP contribution in [0.3, 0.4) is 0 Å². The van der Waals surface area contributed by atoms with Gasteiger partial charge in [0.2, 0.25) is 0 Å². The van der Waals surface area contributed by atoms with Crippen molar-refractivity contribution in [2.24, 2.45) is 16.3 Å². The fourth-order valence-corrected chi connectivity index (χ4v) is 5.57. The van der Waals surface area contributed by atoms with Gasteiger partial charge in [-0.1, -0.05) is 93.6 Å². The van der Waals surface area contributed by atoms with E-state index in [0.29, 0.717) is 17.2 Å². The van der Waals surface area contributed by atoms with E-state index in [-0.39, 0.29) is 0 Å². The number of phenols is 1. The van der Waals surface area contributed by atoms with Gasteiger partial charge in [-0.3, -0.25) is 4.99 Å². The first-order chi connectivity index (χ1) is 17.6. The first-order valence-electron chi connectivity index (χ1n) is 13.1. The van der Waals surface area contributed by atoms with Crippen LogP contribution in [0.15, 0.2) is 77.8 Å². The normalized spacial score (nSPS) is 18.2. The Morgan fingerprint density at radius 3 is 1.76 bits per heavy atom. The van der Waals surface area contributed by atoms with Crippen LogP contribution in [0.1, 0.15) is 81.2 Å². The number of aryl methyl sites for hydroxylation is 1. The topological polar surface area (TPSA) is 32.6 Å². The molecule has 3 aromatic carbocycles. The van der Waals surface area contributed by atoms with Gasteiger partial charge >= 0.3 is 37.9 Å². The molecule has 1 aliphatic rings. The SMILES string of the molecule is Cc1ccc(C(C)(c2ccccc2)c2ccccc2)c(O)c1C=NC1CCC(C(C)(C)C)CC1.[Cl][Zr][Cl]. The van der Waals surface area contributed by atoms with E-state index < -0.39 is 26.3 Å². The first kappa shape index (κ1) is 30.1. The van der Waals surface area contributed by atoms with E-state index in [1.807, 2.05) is 18.3 Å². The van der Waals surface area contributed by atoms with E-state index >= 15 is 0 Å². The molecule has 5 heteroatoms. The molecular weight excluding hydrogens is 576 g/mol. The molecule has 0 bridgehead atoms. The quantitative estimate of drug-likeness (QED) is 0.225. The van der Waals surface area contributed by atoms with Crippen molar-refractivity contribution in [3.63, 3.8) is 0 Å². The van der Waals surface area contributed by atoms with Gasteiger partial charge < -0.3 is 5.11 Å². The number of aromatic hydroxyl groups is 1. The number of hydrogen-bond donors (Lipinski definition) is 1. The third-order valence-electron chi connectivity index (χ3n) is 8.01. The van der Waals surface area contributed by atoms with Crippen molar-refractivity contribution in [1.29, 1.82) is 0 Å². The predicted octanol–water partition coefficient (Wildman–Crippen LogP) is 9.46. The Bertz CT molecular complexity index is 1110. The second-order valence-electron chi connectivity index (χ2n) is 11.3. The third kappa shape index (κ3) is 7.37. The average Bonchev–Trinajstić information content (AvgIpc) is 2.89. The van der Waals surface area contributed by atoms with Crippen LogP contribution in [0.25, 0.3) is 0 Å². The minimum atomic E-state index is -0.826. The number of rotatable bonds is 5. The first-order valence-corrected chi connectivity index (χ1v) is 19.4. The number of hydrogen-bond acceptors (Lipinski definition) is 2. The second kappa shape index (κ2) is 13.6. The number of aliphatic imine (C=N–C) groups is 1. The number of halogens is 2. The summed E-state index contributed by atoms with van der Waals surface area (Å²) >= 11 is -0.826. The third-order valence-corrected chi connectivity index (χ3v) is 8.01. The Labute approximate surface area is 242 Å². The van der Waals surface area contributed by atoms with E-state index in [2.05, 4.69) is 95.3 Å². The van der Waals surface area contributed by atoms with Gasteiger partial charge in [0.15, 0.2) is 0 Å². The van der Waals surface area contributed by atoms with Crippen LogP contribution in [0.4, 0.5) is 0 Å². The Balaban J connectivity index is 0.00000121. The fraction of sp³-hybridized carbons (Fsp3) is 0.406. The van der Waals surface area contributed by atoms with Gasteiger partial charge in [-0.2, -0.15) is 0 Å². The molecule has 3 aromatic rings. The molecule has 2 nitrogen and oxygen atoms in total. The standard InChI is InChI=1S/C32H39NO.2ClH.Zr/c1-23-16-21-29(32(5,25-12-8-6-9-13-25)26-14-10-7-11-15-26)30(34)28(23)22-33-27-19-17-24(18-20-27)31(2,3)4;;;/h6-16,21-22,24,27,34H,17-20H2,1-5H3;2*1H;/q;;;+2/p-2. The van der Waals surface area contributed by atoms with E-state index in [1.54, 1.807) is 0 Å². The molecule has 0 aromatic heterocycles. The van der Waals surface area contributed by atoms with Gasteiger partial charge in [-0.15, -0.1) is 0 Å². The predicted molar refractivity (Wildman–Crippen MR) is 156 cm³/mol. The Morgan fingerprint density at radius 1 is 0.811 bits per heavy atom. The van der Waals surface area contributed by atoms with Crippen LogP contribution in [0.2, 0.25) is 0 Å². The molecule has 0 saturated heterocycles. The maximum atomic E-state index is 11.6. The van der Waals surface area contributed by atoms with Crippen molar-refractivity contribution < 1.29 is 26.0 Å². The summed E-state index contributed by atoms with van der Waals surface area (Å²) in [7, 11) is 9.87. The van der Waals surface area contributed by atoms with Crippen molar-refractivity contribution >= 4 is 23.2 Å². The monoisotopic (exact) mass is 613 g/mol. The summed E-state index contributed by atoms with van der Waals surface area (Å²) in [6.45, 7) is 11.3. The molecule has 1 aliphatic carbocycles. The van der Waals surface area contributed by atoms with Crippen LogP contribution in [-0.4, -0.2) is 17.4 Å².